The minimum Gasteiger partial charge on any atom is -0.496 e. The lowest BCUT2D eigenvalue weighted by molar-refractivity contribution is 0.328. The van der Waals surface area contributed by atoms with Gasteiger partial charge in [-0.15, -0.1) is 0 Å². The van der Waals surface area contributed by atoms with E-state index in [0.29, 0.717) is 5.92 Å². The predicted octanol–water partition coefficient (Wildman–Crippen LogP) is 2.84. The van der Waals surface area contributed by atoms with Crippen molar-refractivity contribution in [3.05, 3.63) is 47.8 Å². The lowest BCUT2D eigenvalue weighted by Crippen LogP contribution is -2.22. The van der Waals surface area contributed by atoms with Crippen molar-refractivity contribution in [1.82, 2.24) is 15.1 Å². The zero-order chi connectivity index (χ0) is 14.5. The third-order valence-corrected chi connectivity index (χ3v) is 4.35. The van der Waals surface area contributed by atoms with Crippen molar-refractivity contribution in [2.24, 2.45) is 0 Å². The Morgan fingerprint density at radius 2 is 2.29 bits per heavy atom. The molecule has 1 aliphatic rings. The van der Waals surface area contributed by atoms with Crippen LogP contribution in [0.4, 0.5) is 0 Å². The van der Waals surface area contributed by atoms with E-state index in [1.54, 1.807) is 7.11 Å². The van der Waals surface area contributed by atoms with E-state index in [9.17, 15) is 0 Å². The molecule has 4 heteroatoms. The number of nitrogens with zero attached hydrogens (tertiary/aromatic N) is 2. The summed E-state index contributed by atoms with van der Waals surface area (Å²) in [6, 6.07) is 8.43. The molecule has 21 heavy (non-hydrogen) atoms. The number of nitrogens with one attached hydrogen (secondary N) is 1. The molecule has 112 valence electrons. The largest absolute Gasteiger partial charge is 0.496 e. The van der Waals surface area contributed by atoms with E-state index in [1.807, 2.05) is 18.5 Å². The number of hydrogen-bond donors (Lipinski definition) is 1. The Hall–Kier alpha value is -1.81. The van der Waals surface area contributed by atoms with Crippen LogP contribution in [0.1, 0.15) is 29.9 Å². The van der Waals surface area contributed by atoms with E-state index < -0.39 is 0 Å². The van der Waals surface area contributed by atoms with Gasteiger partial charge in [-0.1, -0.05) is 18.2 Å². The quantitative estimate of drug-likeness (QED) is 0.887. The van der Waals surface area contributed by atoms with Crippen LogP contribution in [0.15, 0.2) is 36.7 Å². The minimum absolute atomic E-state index is 0.607. The highest BCUT2D eigenvalue weighted by Gasteiger charge is 2.25. The number of rotatable bonds is 6. The minimum atomic E-state index is 0.607. The molecule has 1 aliphatic heterocycles. The molecule has 0 unspecified atom stereocenters. The molecule has 0 bridgehead atoms. The van der Waals surface area contributed by atoms with E-state index in [0.717, 1.165) is 25.3 Å². The predicted molar refractivity (Wildman–Crippen MR) is 83.7 cm³/mol. The maximum absolute atomic E-state index is 5.49. The number of aromatic nitrogens is 2. The lowest BCUT2D eigenvalue weighted by atomic mass is 9.97. The van der Waals surface area contributed by atoms with Gasteiger partial charge in [-0.3, -0.25) is 5.10 Å². The summed E-state index contributed by atoms with van der Waals surface area (Å²) in [5.74, 6) is 1.64. The SMILES string of the molecule is COc1ccccc1[C@H]1CCN(CCCc2cn[nH]c2)C1. The summed E-state index contributed by atoms with van der Waals surface area (Å²) in [7, 11) is 1.76. The normalized spacial score (nSPS) is 19.0. The first-order valence-electron chi connectivity index (χ1n) is 7.69. The lowest BCUT2D eigenvalue weighted by Gasteiger charge is -2.17. The molecule has 2 heterocycles. The zero-order valence-corrected chi connectivity index (χ0v) is 12.6. The molecule has 1 aromatic heterocycles. The topological polar surface area (TPSA) is 41.1 Å². The Morgan fingerprint density at radius 1 is 1.38 bits per heavy atom. The first-order chi connectivity index (χ1) is 10.4. The van der Waals surface area contributed by atoms with Crippen LogP contribution in [0.5, 0.6) is 5.75 Å². The number of ether oxygens (including phenoxy) is 1. The Morgan fingerprint density at radius 3 is 3.10 bits per heavy atom. The van der Waals surface area contributed by atoms with Gasteiger partial charge in [-0.25, -0.2) is 0 Å². The van der Waals surface area contributed by atoms with Crippen LogP contribution in [0.2, 0.25) is 0 Å². The highest BCUT2D eigenvalue weighted by molar-refractivity contribution is 5.37. The van der Waals surface area contributed by atoms with Crippen molar-refractivity contribution in [2.45, 2.75) is 25.2 Å². The van der Waals surface area contributed by atoms with Gasteiger partial charge in [0.2, 0.25) is 0 Å². The van der Waals surface area contributed by atoms with E-state index in [4.69, 9.17) is 4.74 Å². The molecule has 0 saturated carbocycles. The van der Waals surface area contributed by atoms with Crippen molar-refractivity contribution < 1.29 is 4.74 Å². The number of aryl methyl sites for hydroxylation is 1. The highest BCUT2D eigenvalue weighted by Crippen LogP contribution is 2.33. The fraction of sp³-hybridized carbons (Fsp3) is 0.471. The van der Waals surface area contributed by atoms with Crippen LogP contribution in [-0.4, -0.2) is 41.8 Å². The fourth-order valence-corrected chi connectivity index (χ4v) is 3.21. The van der Waals surface area contributed by atoms with Crippen molar-refractivity contribution in [2.75, 3.05) is 26.7 Å². The highest BCUT2D eigenvalue weighted by atomic mass is 16.5. The fourth-order valence-electron chi connectivity index (χ4n) is 3.21. The van der Waals surface area contributed by atoms with Crippen LogP contribution in [0, 0.1) is 0 Å². The van der Waals surface area contributed by atoms with Gasteiger partial charge in [0.1, 0.15) is 5.75 Å². The van der Waals surface area contributed by atoms with Crippen LogP contribution in [0.3, 0.4) is 0 Å². The summed E-state index contributed by atoms with van der Waals surface area (Å²) < 4.78 is 5.49. The van der Waals surface area contributed by atoms with Gasteiger partial charge in [0.15, 0.2) is 0 Å². The number of hydrogen-bond acceptors (Lipinski definition) is 3. The van der Waals surface area contributed by atoms with E-state index >= 15 is 0 Å². The van der Waals surface area contributed by atoms with Gasteiger partial charge >= 0.3 is 0 Å². The third-order valence-electron chi connectivity index (χ3n) is 4.35. The monoisotopic (exact) mass is 285 g/mol. The molecule has 2 aromatic rings. The number of benzene rings is 1. The number of para-hydroxylation sites is 1. The van der Waals surface area contributed by atoms with Gasteiger partial charge in [-0.05, 0) is 49.5 Å². The molecule has 1 atom stereocenters. The summed E-state index contributed by atoms with van der Waals surface area (Å²) in [4.78, 5) is 2.57. The second-order valence-electron chi connectivity index (χ2n) is 5.74. The maximum Gasteiger partial charge on any atom is 0.122 e. The molecule has 1 N–H and O–H groups in total. The van der Waals surface area contributed by atoms with Crippen molar-refractivity contribution in [3.63, 3.8) is 0 Å². The van der Waals surface area contributed by atoms with Crippen LogP contribution in [0.25, 0.3) is 0 Å². The molecular weight excluding hydrogens is 262 g/mol. The Labute approximate surface area is 126 Å². The number of methoxy groups -OCH3 is 1. The maximum atomic E-state index is 5.49. The Bertz CT molecular complexity index is 553. The third kappa shape index (κ3) is 3.45. The number of likely N-dealkylation sites (tertiary alicyclic amines) is 1. The summed E-state index contributed by atoms with van der Waals surface area (Å²) in [6.07, 6.45) is 7.43. The molecule has 0 spiro atoms. The molecule has 1 aromatic carbocycles. The second kappa shape index (κ2) is 6.76. The summed E-state index contributed by atoms with van der Waals surface area (Å²) in [5, 5.41) is 6.86. The molecule has 3 rings (SSSR count). The van der Waals surface area contributed by atoms with E-state index in [2.05, 4.69) is 33.3 Å². The molecule has 4 nitrogen and oxygen atoms in total. The van der Waals surface area contributed by atoms with Gasteiger partial charge in [0.05, 0.1) is 13.3 Å². The molecule has 1 saturated heterocycles. The Balaban J connectivity index is 1.51. The van der Waals surface area contributed by atoms with Gasteiger partial charge in [0.25, 0.3) is 0 Å². The second-order valence-corrected chi connectivity index (χ2v) is 5.74. The van der Waals surface area contributed by atoms with E-state index in [-0.39, 0.29) is 0 Å². The summed E-state index contributed by atoms with van der Waals surface area (Å²) >= 11 is 0. The van der Waals surface area contributed by atoms with Crippen molar-refractivity contribution in [3.8, 4) is 5.75 Å². The standard InChI is InChI=1S/C17H23N3O/c1-21-17-7-3-2-6-16(17)15-8-10-20(13-15)9-4-5-14-11-18-19-12-14/h2-3,6-7,11-12,15H,4-5,8-10,13H2,1H3,(H,18,19)/t15-/m0/s1. The first-order valence-corrected chi connectivity index (χ1v) is 7.69. The molecular formula is C17H23N3O. The van der Waals surface area contributed by atoms with Crippen LogP contribution < -0.4 is 4.74 Å². The van der Waals surface area contributed by atoms with Gasteiger partial charge < -0.3 is 9.64 Å². The number of aromatic amines is 1. The zero-order valence-electron chi connectivity index (χ0n) is 12.6. The van der Waals surface area contributed by atoms with Gasteiger partial charge in [-0.2, -0.15) is 5.10 Å². The molecule has 1 fully saturated rings. The average molecular weight is 285 g/mol. The van der Waals surface area contributed by atoms with Crippen LogP contribution >= 0.6 is 0 Å². The van der Waals surface area contributed by atoms with Crippen molar-refractivity contribution >= 4 is 0 Å². The molecule has 0 aliphatic carbocycles. The number of H-pyrrole nitrogens is 1. The van der Waals surface area contributed by atoms with Crippen molar-refractivity contribution in [1.29, 1.82) is 0 Å². The smallest absolute Gasteiger partial charge is 0.122 e. The summed E-state index contributed by atoms with van der Waals surface area (Å²) in [5.41, 5.74) is 2.66. The Kier molecular flexibility index (Phi) is 4.55. The average Bonchev–Trinajstić information content (AvgIpc) is 3.19. The molecule has 0 radical (unpaired) electrons. The van der Waals surface area contributed by atoms with Gasteiger partial charge in [0, 0.05) is 18.7 Å². The van der Waals surface area contributed by atoms with Crippen LogP contribution in [-0.2, 0) is 6.42 Å². The molecule has 0 amide bonds. The first kappa shape index (κ1) is 14.1. The van der Waals surface area contributed by atoms with E-state index in [1.165, 1.54) is 30.5 Å². The summed E-state index contributed by atoms with van der Waals surface area (Å²) in [6.45, 7) is 3.50.